The van der Waals surface area contributed by atoms with Crippen molar-refractivity contribution in [3.05, 3.63) is 22.8 Å². The van der Waals surface area contributed by atoms with E-state index < -0.39 is 15.4 Å². The highest BCUT2D eigenvalue weighted by Crippen LogP contribution is 2.23. The summed E-state index contributed by atoms with van der Waals surface area (Å²) in [6.07, 6.45) is 0.955. The molecule has 1 aliphatic rings. The summed E-state index contributed by atoms with van der Waals surface area (Å²) in [6, 6.07) is 4.86. The normalized spacial score (nSPS) is 16.9. The SMILES string of the molecule is CC(C)(C)OC(=O)N1CCC(CS(=O)(=O)c2cccc(Br)n2)CC1. The fraction of sp³-hybridized carbons (Fsp3) is 0.625. The lowest BCUT2D eigenvalue weighted by Gasteiger charge is -2.33. The molecule has 0 aromatic carbocycles. The number of aromatic nitrogens is 1. The molecule has 24 heavy (non-hydrogen) atoms. The maximum absolute atomic E-state index is 12.5. The number of hydrogen-bond donors (Lipinski definition) is 0. The average molecular weight is 419 g/mol. The third kappa shape index (κ3) is 5.44. The van der Waals surface area contributed by atoms with Crippen LogP contribution in [-0.4, -0.2) is 48.8 Å². The second-order valence-electron chi connectivity index (χ2n) is 6.99. The molecular weight excluding hydrogens is 396 g/mol. The Balaban J connectivity index is 1.92. The number of amides is 1. The molecule has 6 nitrogen and oxygen atoms in total. The molecule has 0 atom stereocenters. The lowest BCUT2D eigenvalue weighted by molar-refractivity contribution is 0.0191. The van der Waals surface area contributed by atoms with Gasteiger partial charge >= 0.3 is 6.09 Å². The number of piperidine rings is 1. The highest BCUT2D eigenvalue weighted by atomic mass is 79.9. The predicted octanol–water partition coefficient (Wildman–Crippen LogP) is 3.26. The Kier molecular flexibility index (Phi) is 5.91. The van der Waals surface area contributed by atoms with Gasteiger partial charge in [0, 0.05) is 13.1 Å². The summed E-state index contributed by atoms with van der Waals surface area (Å²) < 4.78 is 30.8. The van der Waals surface area contributed by atoms with Crippen LogP contribution in [0.1, 0.15) is 33.6 Å². The Morgan fingerprint density at radius 1 is 1.33 bits per heavy atom. The maximum Gasteiger partial charge on any atom is 0.410 e. The predicted molar refractivity (Wildman–Crippen MR) is 94.5 cm³/mol. The molecule has 0 saturated carbocycles. The van der Waals surface area contributed by atoms with Crippen molar-refractivity contribution in [1.29, 1.82) is 0 Å². The monoisotopic (exact) mass is 418 g/mol. The summed E-state index contributed by atoms with van der Waals surface area (Å²) in [5, 5.41) is 0.0893. The standard InChI is InChI=1S/C16H23BrN2O4S/c1-16(2,3)23-15(20)19-9-7-12(8-10-19)11-24(21,22)14-6-4-5-13(17)18-14/h4-6,12H,7-11H2,1-3H3. The fourth-order valence-corrected chi connectivity index (χ4v) is 4.68. The average Bonchev–Trinajstić information content (AvgIpc) is 2.46. The molecule has 1 amide bonds. The summed E-state index contributed by atoms with van der Waals surface area (Å²) in [5.74, 6) is 0.0768. The van der Waals surface area contributed by atoms with Crippen molar-refractivity contribution >= 4 is 31.9 Å². The molecule has 1 fully saturated rings. The van der Waals surface area contributed by atoms with Gasteiger partial charge in [-0.2, -0.15) is 0 Å². The van der Waals surface area contributed by atoms with Gasteiger partial charge in [0.1, 0.15) is 10.2 Å². The van der Waals surface area contributed by atoms with E-state index in [0.29, 0.717) is 30.5 Å². The largest absolute Gasteiger partial charge is 0.444 e. The van der Waals surface area contributed by atoms with Crippen molar-refractivity contribution < 1.29 is 17.9 Å². The summed E-state index contributed by atoms with van der Waals surface area (Å²) in [4.78, 5) is 17.7. The molecule has 1 aromatic heterocycles. The molecule has 0 N–H and O–H groups in total. The van der Waals surface area contributed by atoms with Crippen LogP contribution in [0, 0.1) is 5.92 Å². The lowest BCUT2D eigenvalue weighted by atomic mass is 9.99. The van der Waals surface area contributed by atoms with Crippen molar-refractivity contribution in [3.8, 4) is 0 Å². The minimum atomic E-state index is -3.42. The third-order valence-corrected chi connectivity index (χ3v) is 5.95. The molecule has 0 aliphatic carbocycles. The van der Waals surface area contributed by atoms with Crippen molar-refractivity contribution in [2.24, 2.45) is 5.92 Å². The first-order chi connectivity index (χ1) is 11.1. The first-order valence-corrected chi connectivity index (χ1v) is 10.3. The number of halogens is 1. The van der Waals surface area contributed by atoms with Crippen molar-refractivity contribution in [2.45, 2.75) is 44.2 Å². The molecule has 1 aliphatic heterocycles. The van der Waals surface area contributed by atoms with E-state index in [-0.39, 0.29) is 22.8 Å². The Morgan fingerprint density at radius 3 is 2.50 bits per heavy atom. The maximum atomic E-state index is 12.5. The minimum Gasteiger partial charge on any atom is -0.444 e. The van der Waals surface area contributed by atoms with Crippen LogP contribution < -0.4 is 0 Å². The number of sulfone groups is 1. The Hall–Kier alpha value is -1.15. The Morgan fingerprint density at radius 2 is 1.96 bits per heavy atom. The number of pyridine rings is 1. The van der Waals surface area contributed by atoms with Gasteiger partial charge in [0.05, 0.1) is 5.75 Å². The van der Waals surface area contributed by atoms with E-state index >= 15 is 0 Å². The molecule has 2 rings (SSSR count). The van der Waals surface area contributed by atoms with Crippen molar-refractivity contribution in [3.63, 3.8) is 0 Å². The summed E-state index contributed by atoms with van der Waals surface area (Å²) in [7, 11) is -3.42. The first-order valence-electron chi connectivity index (χ1n) is 7.90. The molecule has 8 heteroatoms. The van der Waals surface area contributed by atoms with Gasteiger partial charge in [-0.1, -0.05) is 6.07 Å². The van der Waals surface area contributed by atoms with E-state index in [1.807, 2.05) is 20.8 Å². The number of carbonyl (C=O) groups is 1. The van der Waals surface area contributed by atoms with Crippen LogP contribution >= 0.6 is 15.9 Å². The minimum absolute atomic E-state index is 0.0227. The topological polar surface area (TPSA) is 76.6 Å². The van der Waals surface area contributed by atoms with Crippen LogP contribution in [0.2, 0.25) is 0 Å². The molecule has 0 unspecified atom stereocenters. The van der Waals surface area contributed by atoms with E-state index in [0.717, 1.165) is 0 Å². The zero-order valence-electron chi connectivity index (χ0n) is 14.2. The molecule has 0 spiro atoms. The highest BCUT2D eigenvalue weighted by Gasteiger charge is 2.30. The molecular formula is C16H23BrN2O4S. The quantitative estimate of drug-likeness (QED) is 0.703. The number of nitrogens with zero attached hydrogens (tertiary/aromatic N) is 2. The summed E-state index contributed by atoms with van der Waals surface area (Å²) in [5.41, 5.74) is -0.524. The number of hydrogen-bond acceptors (Lipinski definition) is 5. The van der Waals surface area contributed by atoms with Gasteiger partial charge in [-0.05, 0) is 67.6 Å². The Labute approximate surface area is 151 Å². The Bertz CT molecular complexity index is 692. The van der Waals surface area contributed by atoms with Crippen LogP contribution in [0.5, 0.6) is 0 Å². The molecule has 1 aromatic rings. The number of likely N-dealkylation sites (tertiary alicyclic amines) is 1. The molecule has 134 valence electrons. The van der Waals surface area contributed by atoms with Crippen LogP contribution in [0.15, 0.2) is 27.8 Å². The van der Waals surface area contributed by atoms with Gasteiger partial charge in [-0.3, -0.25) is 0 Å². The van der Waals surface area contributed by atoms with E-state index in [2.05, 4.69) is 20.9 Å². The van der Waals surface area contributed by atoms with Gasteiger partial charge in [0.2, 0.25) is 0 Å². The van der Waals surface area contributed by atoms with Crippen LogP contribution in [0.3, 0.4) is 0 Å². The van der Waals surface area contributed by atoms with E-state index in [1.165, 1.54) is 6.07 Å². The van der Waals surface area contributed by atoms with Gasteiger partial charge in [-0.15, -0.1) is 0 Å². The van der Waals surface area contributed by atoms with Gasteiger partial charge in [0.25, 0.3) is 0 Å². The first kappa shape index (κ1) is 19.2. The van der Waals surface area contributed by atoms with Gasteiger partial charge in [0.15, 0.2) is 14.9 Å². The number of rotatable bonds is 3. The number of carbonyl (C=O) groups excluding carboxylic acids is 1. The summed E-state index contributed by atoms with van der Waals surface area (Å²) >= 11 is 3.19. The summed E-state index contributed by atoms with van der Waals surface area (Å²) in [6.45, 7) is 6.52. The highest BCUT2D eigenvalue weighted by molar-refractivity contribution is 9.10. The molecule has 2 heterocycles. The second-order valence-corrected chi connectivity index (χ2v) is 9.78. The fourth-order valence-electron chi connectivity index (χ4n) is 2.57. The van der Waals surface area contributed by atoms with Crippen molar-refractivity contribution in [2.75, 3.05) is 18.8 Å². The van der Waals surface area contributed by atoms with Crippen LogP contribution in [0.25, 0.3) is 0 Å². The van der Waals surface area contributed by atoms with Crippen LogP contribution in [-0.2, 0) is 14.6 Å². The van der Waals surface area contributed by atoms with Crippen molar-refractivity contribution in [1.82, 2.24) is 9.88 Å². The van der Waals surface area contributed by atoms with E-state index in [4.69, 9.17) is 4.74 Å². The van der Waals surface area contributed by atoms with Gasteiger partial charge < -0.3 is 9.64 Å². The molecule has 0 radical (unpaired) electrons. The van der Waals surface area contributed by atoms with E-state index in [9.17, 15) is 13.2 Å². The zero-order chi connectivity index (χ0) is 18.0. The lowest BCUT2D eigenvalue weighted by Crippen LogP contribution is -2.42. The third-order valence-electron chi connectivity index (χ3n) is 3.73. The van der Waals surface area contributed by atoms with Gasteiger partial charge in [-0.25, -0.2) is 18.2 Å². The smallest absolute Gasteiger partial charge is 0.410 e. The molecule has 1 saturated heterocycles. The van der Waals surface area contributed by atoms with Crippen LogP contribution in [0.4, 0.5) is 4.79 Å². The number of ether oxygens (including phenoxy) is 1. The molecule has 0 bridgehead atoms. The second kappa shape index (κ2) is 7.39. The zero-order valence-corrected chi connectivity index (χ0v) is 16.6. The van der Waals surface area contributed by atoms with E-state index in [1.54, 1.807) is 17.0 Å².